The fourth-order valence-electron chi connectivity index (χ4n) is 3.73. The Morgan fingerprint density at radius 2 is 2.00 bits per heavy atom. The van der Waals surface area contributed by atoms with Crippen LogP contribution in [0.4, 0.5) is 0 Å². The largest absolute Gasteiger partial charge is 0.497 e. The first kappa shape index (κ1) is 22.5. The Morgan fingerprint density at radius 3 is 2.67 bits per heavy atom. The highest BCUT2D eigenvalue weighted by Crippen LogP contribution is 2.18. The highest BCUT2D eigenvalue weighted by atomic mass is 16.5. The van der Waals surface area contributed by atoms with Gasteiger partial charge in [0.15, 0.2) is 0 Å². The number of rotatable bonds is 7. The smallest absolute Gasteiger partial charge is 0.274 e. The molecule has 2 amide bonds. The van der Waals surface area contributed by atoms with Gasteiger partial charge in [-0.2, -0.15) is 5.10 Å². The SMILES string of the molecule is COc1ccc(CN2CC(OCc3cccnc3)CN(C(=O)c3cc(C)[nH]n3)CC2=O)cc1. The van der Waals surface area contributed by atoms with E-state index in [1.165, 1.54) is 4.90 Å². The molecule has 1 atom stereocenters. The number of benzene rings is 1. The summed E-state index contributed by atoms with van der Waals surface area (Å²) in [6.45, 7) is 3.21. The normalized spacial score (nSPS) is 16.5. The number of nitrogens with zero attached hydrogens (tertiary/aromatic N) is 4. The number of nitrogens with one attached hydrogen (secondary N) is 1. The highest BCUT2D eigenvalue weighted by molar-refractivity contribution is 5.95. The lowest BCUT2D eigenvalue weighted by Gasteiger charge is -2.25. The van der Waals surface area contributed by atoms with Gasteiger partial charge in [-0.15, -0.1) is 0 Å². The lowest BCUT2D eigenvalue weighted by atomic mass is 10.2. The summed E-state index contributed by atoms with van der Waals surface area (Å²) in [5, 5.41) is 6.85. The first-order chi connectivity index (χ1) is 16.0. The number of hydrogen-bond acceptors (Lipinski definition) is 6. The Balaban J connectivity index is 1.52. The van der Waals surface area contributed by atoms with Crippen LogP contribution in [-0.2, 0) is 22.7 Å². The van der Waals surface area contributed by atoms with Crippen molar-refractivity contribution in [2.75, 3.05) is 26.7 Å². The first-order valence-electron chi connectivity index (χ1n) is 10.7. The molecule has 4 rings (SSSR count). The van der Waals surface area contributed by atoms with Crippen LogP contribution in [0, 0.1) is 6.92 Å². The summed E-state index contributed by atoms with van der Waals surface area (Å²) in [7, 11) is 1.62. The molecular weight excluding hydrogens is 422 g/mol. The van der Waals surface area contributed by atoms with Crippen LogP contribution in [0.15, 0.2) is 54.9 Å². The molecule has 0 aliphatic carbocycles. The van der Waals surface area contributed by atoms with Gasteiger partial charge in [0.05, 0.1) is 19.8 Å². The fourth-order valence-corrected chi connectivity index (χ4v) is 3.73. The minimum absolute atomic E-state index is 0.0341. The molecule has 1 saturated heterocycles. The Labute approximate surface area is 192 Å². The third-order valence-electron chi connectivity index (χ3n) is 5.48. The van der Waals surface area contributed by atoms with E-state index in [1.807, 2.05) is 43.3 Å². The van der Waals surface area contributed by atoms with E-state index in [-0.39, 0.29) is 36.7 Å². The standard InChI is InChI=1S/C24H27N5O4/c1-17-10-22(27-26-17)24(31)29-14-21(33-16-19-4-3-9-25-11-19)13-28(23(30)15-29)12-18-5-7-20(32-2)8-6-18/h3-11,21H,12-16H2,1-2H3,(H,26,27). The van der Waals surface area contributed by atoms with Gasteiger partial charge in [-0.3, -0.25) is 19.7 Å². The zero-order valence-electron chi connectivity index (χ0n) is 18.7. The van der Waals surface area contributed by atoms with Crippen LogP contribution in [0.5, 0.6) is 5.75 Å². The Hall–Kier alpha value is -3.72. The highest BCUT2D eigenvalue weighted by Gasteiger charge is 2.32. The summed E-state index contributed by atoms with van der Waals surface area (Å²) < 4.78 is 11.4. The van der Waals surface area contributed by atoms with Gasteiger partial charge >= 0.3 is 0 Å². The molecule has 0 saturated carbocycles. The van der Waals surface area contributed by atoms with Gasteiger partial charge in [0.25, 0.3) is 5.91 Å². The number of aryl methyl sites for hydroxylation is 1. The van der Waals surface area contributed by atoms with Crippen LogP contribution in [0.25, 0.3) is 0 Å². The van der Waals surface area contributed by atoms with E-state index in [9.17, 15) is 9.59 Å². The number of amides is 2. The van der Waals surface area contributed by atoms with E-state index in [1.54, 1.807) is 30.5 Å². The maximum absolute atomic E-state index is 13.1. The molecule has 1 aliphatic heterocycles. The van der Waals surface area contributed by atoms with E-state index in [4.69, 9.17) is 9.47 Å². The van der Waals surface area contributed by atoms with Crippen molar-refractivity contribution in [1.82, 2.24) is 25.0 Å². The molecule has 9 heteroatoms. The quantitative estimate of drug-likeness (QED) is 0.594. The maximum atomic E-state index is 13.1. The van der Waals surface area contributed by atoms with E-state index in [0.717, 1.165) is 22.6 Å². The molecule has 172 valence electrons. The zero-order valence-corrected chi connectivity index (χ0v) is 18.7. The summed E-state index contributed by atoms with van der Waals surface area (Å²) in [5.74, 6) is 0.317. The molecule has 1 aromatic carbocycles. The Morgan fingerprint density at radius 1 is 1.18 bits per heavy atom. The minimum atomic E-state index is -0.362. The molecular formula is C24H27N5O4. The third-order valence-corrected chi connectivity index (χ3v) is 5.48. The number of H-pyrrole nitrogens is 1. The minimum Gasteiger partial charge on any atom is -0.497 e. The van der Waals surface area contributed by atoms with Crippen molar-refractivity contribution in [3.63, 3.8) is 0 Å². The van der Waals surface area contributed by atoms with Crippen LogP contribution in [0.3, 0.4) is 0 Å². The summed E-state index contributed by atoms with van der Waals surface area (Å²) in [6.07, 6.45) is 3.09. The van der Waals surface area contributed by atoms with Gasteiger partial charge in [-0.05, 0) is 42.3 Å². The molecule has 0 spiro atoms. The lowest BCUT2D eigenvalue weighted by molar-refractivity contribution is -0.132. The number of ether oxygens (including phenoxy) is 2. The van der Waals surface area contributed by atoms with Crippen molar-refractivity contribution < 1.29 is 19.1 Å². The van der Waals surface area contributed by atoms with Crippen molar-refractivity contribution in [2.45, 2.75) is 26.2 Å². The maximum Gasteiger partial charge on any atom is 0.274 e. The lowest BCUT2D eigenvalue weighted by Crippen LogP contribution is -2.39. The predicted molar refractivity (Wildman–Crippen MR) is 120 cm³/mol. The second-order valence-corrected chi connectivity index (χ2v) is 8.04. The predicted octanol–water partition coefficient (Wildman–Crippen LogP) is 2.19. The number of hydrogen-bond donors (Lipinski definition) is 1. The molecule has 33 heavy (non-hydrogen) atoms. The number of methoxy groups -OCH3 is 1. The number of aromatic amines is 1. The van der Waals surface area contributed by atoms with Gasteiger partial charge < -0.3 is 19.3 Å². The number of aromatic nitrogens is 3. The molecule has 9 nitrogen and oxygen atoms in total. The van der Waals surface area contributed by atoms with Crippen molar-refractivity contribution in [1.29, 1.82) is 0 Å². The van der Waals surface area contributed by atoms with Crippen LogP contribution in [-0.4, -0.2) is 69.6 Å². The third kappa shape index (κ3) is 5.75. The van der Waals surface area contributed by atoms with Crippen LogP contribution in [0.2, 0.25) is 0 Å². The molecule has 3 aromatic rings. The topological polar surface area (TPSA) is 101 Å². The van der Waals surface area contributed by atoms with E-state index >= 15 is 0 Å². The fraction of sp³-hybridized carbons (Fsp3) is 0.333. The second kappa shape index (κ2) is 10.3. The van der Waals surface area contributed by atoms with Crippen LogP contribution < -0.4 is 4.74 Å². The van der Waals surface area contributed by atoms with Crippen molar-refractivity contribution >= 4 is 11.8 Å². The molecule has 0 radical (unpaired) electrons. The molecule has 1 fully saturated rings. The van der Waals surface area contributed by atoms with Crippen molar-refractivity contribution in [3.05, 3.63) is 77.4 Å². The number of pyridine rings is 1. The molecule has 0 bridgehead atoms. The molecule has 2 aromatic heterocycles. The summed E-state index contributed by atoms with van der Waals surface area (Å²) >= 11 is 0. The average Bonchev–Trinajstić information content (AvgIpc) is 3.21. The monoisotopic (exact) mass is 449 g/mol. The summed E-state index contributed by atoms with van der Waals surface area (Å²) in [5.41, 5.74) is 2.97. The van der Waals surface area contributed by atoms with Gasteiger partial charge in [-0.1, -0.05) is 18.2 Å². The van der Waals surface area contributed by atoms with E-state index in [0.29, 0.717) is 19.7 Å². The van der Waals surface area contributed by atoms with Gasteiger partial charge in [-0.25, -0.2) is 0 Å². The van der Waals surface area contributed by atoms with Gasteiger partial charge in [0, 0.05) is 37.7 Å². The van der Waals surface area contributed by atoms with E-state index in [2.05, 4.69) is 15.2 Å². The van der Waals surface area contributed by atoms with Gasteiger partial charge in [0.1, 0.15) is 18.0 Å². The Bertz CT molecular complexity index is 1080. The molecule has 1 aliphatic rings. The van der Waals surface area contributed by atoms with Crippen molar-refractivity contribution in [3.8, 4) is 5.75 Å². The van der Waals surface area contributed by atoms with E-state index < -0.39 is 0 Å². The zero-order chi connectivity index (χ0) is 23.2. The first-order valence-corrected chi connectivity index (χ1v) is 10.7. The van der Waals surface area contributed by atoms with Crippen LogP contribution >= 0.6 is 0 Å². The average molecular weight is 450 g/mol. The van der Waals surface area contributed by atoms with Crippen LogP contribution in [0.1, 0.15) is 27.3 Å². The Kier molecular flexibility index (Phi) is 6.99. The molecule has 1 unspecified atom stereocenters. The van der Waals surface area contributed by atoms with Crippen molar-refractivity contribution in [2.24, 2.45) is 0 Å². The molecule has 3 heterocycles. The number of carbonyl (C=O) groups is 2. The summed E-state index contributed by atoms with van der Waals surface area (Å²) in [6, 6.07) is 13.0. The van der Waals surface area contributed by atoms with Gasteiger partial charge in [0.2, 0.25) is 5.91 Å². The second-order valence-electron chi connectivity index (χ2n) is 8.04. The molecule has 1 N–H and O–H groups in total. The number of carbonyl (C=O) groups excluding carboxylic acids is 2. The summed E-state index contributed by atoms with van der Waals surface area (Å²) in [4.78, 5) is 33.6.